The number of thioether (sulfide) groups is 1. The molecule has 0 saturated carbocycles. The van der Waals surface area contributed by atoms with Gasteiger partial charge in [0.05, 0.1) is 18.1 Å². The molecule has 2 heterocycles. The zero-order chi connectivity index (χ0) is 19.4. The molecule has 1 amide bonds. The average Bonchev–Trinajstić information content (AvgIpc) is 2.93. The van der Waals surface area contributed by atoms with E-state index in [0.29, 0.717) is 47.7 Å². The molecule has 0 bridgehead atoms. The number of carboxylic acids is 1. The number of thiocarbonyl (C=S) groups is 1. The Balaban J connectivity index is 1.76. The summed E-state index contributed by atoms with van der Waals surface area (Å²) in [6, 6.07) is 7.00. The Bertz CT molecular complexity index is 777. The highest BCUT2D eigenvalue weighted by atomic mass is 32.2. The zero-order valence-corrected chi connectivity index (χ0v) is 16.4. The summed E-state index contributed by atoms with van der Waals surface area (Å²) in [5.74, 6) is -0.717. The van der Waals surface area contributed by atoms with Crippen molar-refractivity contribution in [3.63, 3.8) is 0 Å². The lowest BCUT2D eigenvalue weighted by Crippen LogP contribution is -2.50. The van der Waals surface area contributed by atoms with Gasteiger partial charge in [0, 0.05) is 13.1 Å². The van der Waals surface area contributed by atoms with Crippen LogP contribution in [0.15, 0.2) is 29.2 Å². The van der Waals surface area contributed by atoms with Crippen molar-refractivity contribution in [2.24, 2.45) is 0 Å². The SMILES string of the molecule is CCC(Oc1cccc(/C=C2/SC(=S)N(N3CCOCC3)C2=O)c1)C(=O)O. The maximum atomic E-state index is 12.8. The van der Waals surface area contributed by atoms with Crippen molar-refractivity contribution in [3.05, 3.63) is 34.7 Å². The van der Waals surface area contributed by atoms with Gasteiger partial charge in [0.25, 0.3) is 5.91 Å². The highest BCUT2D eigenvalue weighted by molar-refractivity contribution is 8.26. The van der Waals surface area contributed by atoms with Gasteiger partial charge in [0.15, 0.2) is 10.4 Å². The van der Waals surface area contributed by atoms with E-state index < -0.39 is 12.1 Å². The van der Waals surface area contributed by atoms with E-state index in [1.165, 1.54) is 16.8 Å². The van der Waals surface area contributed by atoms with Crippen LogP contribution in [0, 0.1) is 0 Å². The van der Waals surface area contributed by atoms with Gasteiger partial charge in [-0.2, -0.15) is 0 Å². The summed E-state index contributed by atoms with van der Waals surface area (Å²) in [6.07, 6.45) is 1.20. The first-order valence-electron chi connectivity index (χ1n) is 8.59. The van der Waals surface area contributed by atoms with E-state index in [1.807, 2.05) is 11.1 Å². The van der Waals surface area contributed by atoms with Crippen molar-refractivity contribution in [1.29, 1.82) is 0 Å². The lowest BCUT2D eigenvalue weighted by molar-refractivity contribution is -0.145. The predicted octanol–water partition coefficient (Wildman–Crippen LogP) is 2.38. The molecular formula is C18H20N2O5S2. The largest absolute Gasteiger partial charge is 0.479 e. The second-order valence-electron chi connectivity index (χ2n) is 5.99. The number of carboxylic acid groups (broad SMARTS) is 1. The van der Waals surface area contributed by atoms with Crippen molar-refractivity contribution < 1.29 is 24.2 Å². The van der Waals surface area contributed by atoms with Gasteiger partial charge in [0.1, 0.15) is 5.75 Å². The molecule has 1 aromatic rings. The van der Waals surface area contributed by atoms with Crippen LogP contribution in [0.3, 0.4) is 0 Å². The fourth-order valence-electron chi connectivity index (χ4n) is 2.76. The molecule has 7 nitrogen and oxygen atoms in total. The van der Waals surface area contributed by atoms with Gasteiger partial charge in [-0.15, -0.1) is 0 Å². The number of carbonyl (C=O) groups excluding carboxylic acids is 1. The summed E-state index contributed by atoms with van der Waals surface area (Å²) in [7, 11) is 0. The quantitative estimate of drug-likeness (QED) is 0.568. The lowest BCUT2D eigenvalue weighted by Gasteiger charge is -2.33. The predicted molar refractivity (Wildman–Crippen MR) is 106 cm³/mol. The summed E-state index contributed by atoms with van der Waals surface area (Å²) in [5.41, 5.74) is 0.746. The van der Waals surface area contributed by atoms with Crippen LogP contribution in [0.5, 0.6) is 5.75 Å². The minimum Gasteiger partial charge on any atom is -0.479 e. The van der Waals surface area contributed by atoms with Gasteiger partial charge < -0.3 is 14.6 Å². The Morgan fingerprint density at radius 2 is 2.19 bits per heavy atom. The summed E-state index contributed by atoms with van der Waals surface area (Å²) < 4.78 is 11.3. The van der Waals surface area contributed by atoms with Crippen LogP contribution < -0.4 is 4.74 Å². The molecule has 2 fully saturated rings. The highest BCUT2D eigenvalue weighted by Gasteiger charge is 2.36. The van der Waals surface area contributed by atoms with Crippen LogP contribution in [0.2, 0.25) is 0 Å². The number of hydrogen-bond donors (Lipinski definition) is 1. The summed E-state index contributed by atoms with van der Waals surface area (Å²) in [4.78, 5) is 24.4. The number of carbonyl (C=O) groups is 2. The molecule has 3 rings (SSSR count). The number of ether oxygens (including phenoxy) is 2. The molecule has 0 radical (unpaired) electrons. The van der Waals surface area contributed by atoms with Crippen LogP contribution >= 0.6 is 24.0 Å². The Morgan fingerprint density at radius 3 is 2.85 bits per heavy atom. The molecule has 2 saturated heterocycles. The number of benzene rings is 1. The average molecular weight is 409 g/mol. The maximum Gasteiger partial charge on any atom is 0.344 e. The number of nitrogens with zero attached hydrogens (tertiary/aromatic N) is 2. The summed E-state index contributed by atoms with van der Waals surface area (Å²) in [5, 5.41) is 12.6. The molecule has 2 aliphatic rings. The molecule has 1 atom stereocenters. The monoisotopic (exact) mass is 408 g/mol. The number of aliphatic carboxylic acids is 1. The topological polar surface area (TPSA) is 79.3 Å². The molecular weight excluding hydrogens is 388 g/mol. The van der Waals surface area contributed by atoms with Crippen molar-refractivity contribution in [2.75, 3.05) is 26.3 Å². The van der Waals surface area contributed by atoms with E-state index in [2.05, 4.69) is 0 Å². The van der Waals surface area contributed by atoms with E-state index in [0.717, 1.165) is 5.56 Å². The maximum absolute atomic E-state index is 12.8. The number of hydrazine groups is 1. The van der Waals surface area contributed by atoms with Crippen molar-refractivity contribution >= 4 is 46.3 Å². The first-order valence-corrected chi connectivity index (χ1v) is 9.82. The van der Waals surface area contributed by atoms with Crippen LogP contribution in [0.4, 0.5) is 0 Å². The Labute approximate surface area is 166 Å². The molecule has 1 N–H and O–H groups in total. The van der Waals surface area contributed by atoms with E-state index in [-0.39, 0.29) is 5.91 Å². The number of hydrogen-bond acceptors (Lipinski definition) is 7. The van der Waals surface area contributed by atoms with Gasteiger partial charge >= 0.3 is 5.97 Å². The minimum absolute atomic E-state index is 0.157. The zero-order valence-electron chi connectivity index (χ0n) is 14.8. The van der Waals surface area contributed by atoms with E-state index >= 15 is 0 Å². The third kappa shape index (κ3) is 4.67. The molecule has 144 valence electrons. The second-order valence-corrected chi connectivity index (χ2v) is 7.66. The molecule has 2 aliphatic heterocycles. The molecule has 0 aromatic heterocycles. The Kier molecular flexibility index (Phi) is 6.48. The summed E-state index contributed by atoms with van der Waals surface area (Å²) in [6.45, 7) is 4.13. The Morgan fingerprint density at radius 1 is 1.44 bits per heavy atom. The first kappa shape index (κ1) is 19.8. The molecule has 1 unspecified atom stereocenters. The van der Waals surface area contributed by atoms with Gasteiger partial charge in [-0.05, 0) is 30.2 Å². The lowest BCUT2D eigenvalue weighted by atomic mass is 10.2. The van der Waals surface area contributed by atoms with Crippen molar-refractivity contribution in [1.82, 2.24) is 10.0 Å². The van der Waals surface area contributed by atoms with Crippen LogP contribution in [0.25, 0.3) is 6.08 Å². The number of rotatable bonds is 6. The second kappa shape index (κ2) is 8.83. The Hall–Kier alpha value is -1.94. The van der Waals surface area contributed by atoms with Crippen LogP contribution in [-0.4, -0.2) is 63.7 Å². The van der Waals surface area contributed by atoms with Gasteiger partial charge in [-0.1, -0.05) is 43.0 Å². The smallest absolute Gasteiger partial charge is 0.344 e. The van der Waals surface area contributed by atoms with Crippen molar-refractivity contribution in [3.8, 4) is 5.75 Å². The standard InChI is InChI=1S/C18H20N2O5S2/c1-2-14(17(22)23)25-13-5-3-4-12(10-13)11-15-16(21)20(18(26)27-15)19-6-8-24-9-7-19/h3-5,10-11,14H,2,6-9H2,1H3,(H,22,23)/b15-11+. The fourth-order valence-corrected chi connectivity index (χ4v) is 4.07. The van der Waals surface area contributed by atoms with Crippen molar-refractivity contribution in [2.45, 2.75) is 19.4 Å². The van der Waals surface area contributed by atoms with E-state index in [1.54, 1.807) is 31.2 Å². The number of amides is 1. The molecule has 0 aliphatic carbocycles. The normalized spacial score (nSPS) is 20.9. The van der Waals surface area contributed by atoms with Gasteiger partial charge in [0.2, 0.25) is 0 Å². The van der Waals surface area contributed by atoms with Gasteiger partial charge in [-0.25, -0.2) is 14.8 Å². The molecule has 0 spiro atoms. The van der Waals surface area contributed by atoms with Crippen LogP contribution in [-0.2, 0) is 14.3 Å². The third-order valence-electron chi connectivity index (χ3n) is 4.12. The van der Waals surface area contributed by atoms with Gasteiger partial charge in [-0.3, -0.25) is 4.79 Å². The highest BCUT2D eigenvalue weighted by Crippen LogP contribution is 2.34. The van der Waals surface area contributed by atoms with E-state index in [9.17, 15) is 9.59 Å². The molecule has 9 heteroatoms. The molecule has 1 aromatic carbocycles. The minimum atomic E-state index is -1.01. The third-order valence-corrected chi connectivity index (χ3v) is 5.41. The van der Waals surface area contributed by atoms with E-state index in [4.69, 9.17) is 26.8 Å². The molecule has 27 heavy (non-hydrogen) atoms. The number of morpholine rings is 1. The van der Waals surface area contributed by atoms with Crippen LogP contribution in [0.1, 0.15) is 18.9 Å². The fraction of sp³-hybridized carbons (Fsp3) is 0.389. The summed E-state index contributed by atoms with van der Waals surface area (Å²) >= 11 is 6.62. The first-order chi connectivity index (χ1) is 13.0.